The third-order valence-electron chi connectivity index (χ3n) is 3.69. The maximum Gasteiger partial charge on any atom is 0.189 e. The highest BCUT2D eigenvalue weighted by Crippen LogP contribution is 2.33. The molecule has 20 heavy (non-hydrogen) atoms. The van der Waals surface area contributed by atoms with Crippen molar-refractivity contribution in [3.8, 4) is 0 Å². The summed E-state index contributed by atoms with van der Waals surface area (Å²) in [5.74, 6) is 0.663. The molecule has 2 fully saturated rings. The topological polar surface area (TPSA) is 46.6 Å². The van der Waals surface area contributed by atoms with E-state index in [4.69, 9.17) is 4.74 Å². The number of hydrogen-bond donors (Lipinski definition) is 0. The Hall–Kier alpha value is -1.58. The van der Waals surface area contributed by atoms with Crippen molar-refractivity contribution in [3.63, 3.8) is 0 Å². The molecular formula is C16H23NO3. The molecule has 0 aromatic rings. The SMILES string of the molecule is CCCN1CCO/C1=C\C=C1C(=O)CC(C)(C)CC1=O. The molecule has 2 aliphatic rings. The summed E-state index contributed by atoms with van der Waals surface area (Å²) in [6, 6.07) is 0. The Bertz CT molecular complexity index is 452. The fourth-order valence-corrected chi connectivity index (χ4v) is 2.73. The minimum atomic E-state index is -0.212. The number of ketones is 2. The number of rotatable bonds is 3. The third-order valence-corrected chi connectivity index (χ3v) is 3.69. The summed E-state index contributed by atoms with van der Waals surface area (Å²) in [6.45, 7) is 8.51. The van der Waals surface area contributed by atoms with Gasteiger partial charge in [0.15, 0.2) is 17.4 Å². The second-order valence-electron chi connectivity index (χ2n) is 6.28. The predicted octanol–water partition coefficient (Wildman–Crippen LogP) is 2.45. The lowest BCUT2D eigenvalue weighted by Crippen LogP contribution is -2.31. The van der Waals surface area contributed by atoms with Gasteiger partial charge in [-0.15, -0.1) is 0 Å². The van der Waals surface area contributed by atoms with Crippen LogP contribution >= 0.6 is 0 Å². The first kappa shape index (κ1) is 14.8. The summed E-state index contributed by atoms with van der Waals surface area (Å²) in [6.07, 6.45) is 5.33. The van der Waals surface area contributed by atoms with Crippen molar-refractivity contribution in [3.05, 3.63) is 23.6 Å². The van der Waals surface area contributed by atoms with Crippen LogP contribution in [0.5, 0.6) is 0 Å². The zero-order chi connectivity index (χ0) is 14.8. The summed E-state index contributed by atoms with van der Waals surface area (Å²) in [4.78, 5) is 26.3. The molecule has 4 heteroatoms. The summed E-state index contributed by atoms with van der Waals surface area (Å²) >= 11 is 0. The number of carbonyl (C=O) groups excluding carboxylic acids is 2. The molecule has 0 N–H and O–H groups in total. The van der Waals surface area contributed by atoms with E-state index >= 15 is 0 Å². The van der Waals surface area contributed by atoms with E-state index in [0.717, 1.165) is 25.4 Å². The van der Waals surface area contributed by atoms with Crippen LogP contribution in [0.2, 0.25) is 0 Å². The van der Waals surface area contributed by atoms with E-state index in [1.54, 1.807) is 12.2 Å². The molecule has 0 bridgehead atoms. The van der Waals surface area contributed by atoms with E-state index in [1.807, 2.05) is 13.8 Å². The molecular weight excluding hydrogens is 254 g/mol. The fourth-order valence-electron chi connectivity index (χ4n) is 2.73. The van der Waals surface area contributed by atoms with Gasteiger partial charge < -0.3 is 9.64 Å². The third kappa shape index (κ3) is 3.30. The molecule has 110 valence electrons. The van der Waals surface area contributed by atoms with Gasteiger partial charge in [-0.3, -0.25) is 9.59 Å². The van der Waals surface area contributed by atoms with E-state index in [1.165, 1.54) is 0 Å². The van der Waals surface area contributed by atoms with Crippen molar-refractivity contribution in [1.82, 2.24) is 4.90 Å². The number of hydrogen-bond acceptors (Lipinski definition) is 4. The summed E-state index contributed by atoms with van der Waals surface area (Å²) < 4.78 is 5.54. The standard InChI is InChI=1S/C16H23NO3/c1-4-7-17-8-9-20-15(17)6-5-12-13(18)10-16(2,3)11-14(12)19/h5-6H,4,7-11H2,1-3H3/b15-6-. The lowest BCUT2D eigenvalue weighted by molar-refractivity contribution is -0.127. The van der Waals surface area contributed by atoms with E-state index in [2.05, 4.69) is 11.8 Å². The smallest absolute Gasteiger partial charge is 0.189 e. The van der Waals surface area contributed by atoms with Crippen LogP contribution < -0.4 is 0 Å². The van der Waals surface area contributed by atoms with Crippen molar-refractivity contribution in [1.29, 1.82) is 0 Å². The van der Waals surface area contributed by atoms with E-state index in [9.17, 15) is 9.59 Å². The summed E-state index contributed by atoms with van der Waals surface area (Å²) in [7, 11) is 0. The first-order valence-corrected chi connectivity index (χ1v) is 7.29. The molecule has 0 atom stereocenters. The Balaban J connectivity index is 2.14. The van der Waals surface area contributed by atoms with Crippen LogP contribution in [0.15, 0.2) is 23.6 Å². The van der Waals surface area contributed by atoms with Gasteiger partial charge in [0.2, 0.25) is 0 Å². The molecule has 0 amide bonds. The number of Topliss-reactive ketones (excluding diaryl/α,β-unsaturated/α-hetero) is 2. The fraction of sp³-hybridized carbons (Fsp3) is 0.625. The highest BCUT2D eigenvalue weighted by atomic mass is 16.5. The van der Waals surface area contributed by atoms with Gasteiger partial charge in [0.1, 0.15) is 6.61 Å². The number of ether oxygens (including phenoxy) is 1. The van der Waals surface area contributed by atoms with Crippen molar-refractivity contribution in [2.45, 2.75) is 40.0 Å². The van der Waals surface area contributed by atoms with Gasteiger partial charge in [-0.05, 0) is 24.0 Å². The molecule has 0 unspecified atom stereocenters. The average Bonchev–Trinajstić information content (AvgIpc) is 2.74. The molecule has 0 aromatic carbocycles. The maximum absolute atomic E-state index is 12.1. The number of carbonyl (C=O) groups is 2. The molecule has 4 nitrogen and oxygen atoms in total. The first-order valence-electron chi connectivity index (χ1n) is 7.29. The Kier molecular flexibility index (Phi) is 4.31. The minimum Gasteiger partial charge on any atom is -0.477 e. The second-order valence-corrected chi connectivity index (χ2v) is 6.28. The molecule has 0 aromatic heterocycles. The highest BCUT2D eigenvalue weighted by molar-refractivity contribution is 6.22. The Labute approximate surface area is 120 Å². The molecule has 0 spiro atoms. The molecule has 1 saturated carbocycles. The van der Waals surface area contributed by atoms with Gasteiger partial charge in [0.25, 0.3) is 0 Å². The lowest BCUT2D eigenvalue weighted by atomic mass is 9.74. The Morgan fingerprint density at radius 3 is 2.45 bits per heavy atom. The van der Waals surface area contributed by atoms with Gasteiger partial charge in [0, 0.05) is 19.4 Å². The zero-order valence-corrected chi connectivity index (χ0v) is 12.6. The second kappa shape index (κ2) is 5.81. The van der Waals surface area contributed by atoms with Crippen LogP contribution in [-0.2, 0) is 14.3 Å². The van der Waals surface area contributed by atoms with Gasteiger partial charge >= 0.3 is 0 Å². The lowest BCUT2D eigenvalue weighted by Gasteiger charge is -2.28. The molecule has 1 aliphatic carbocycles. The van der Waals surface area contributed by atoms with Crippen LogP contribution in [0, 0.1) is 5.41 Å². The van der Waals surface area contributed by atoms with Crippen molar-refractivity contribution in [2.24, 2.45) is 5.41 Å². The van der Waals surface area contributed by atoms with Crippen LogP contribution in [0.4, 0.5) is 0 Å². The molecule has 0 radical (unpaired) electrons. The van der Waals surface area contributed by atoms with Crippen LogP contribution in [0.1, 0.15) is 40.0 Å². The zero-order valence-electron chi connectivity index (χ0n) is 12.6. The largest absolute Gasteiger partial charge is 0.477 e. The quantitative estimate of drug-likeness (QED) is 0.587. The van der Waals surface area contributed by atoms with Gasteiger partial charge in [-0.2, -0.15) is 0 Å². The molecule has 1 aliphatic heterocycles. The maximum atomic E-state index is 12.1. The Morgan fingerprint density at radius 2 is 1.85 bits per heavy atom. The normalized spacial score (nSPS) is 24.2. The molecule has 1 heterocycles. The average molecular weight is 277 g/mol. The van der Waals surface area contributed by atoms with Gasteiger partial charge in [-0.1, -0.05) is 20.8 Å². The van der Waals surface area contributed by atoms with Gasteiger partial charge in [0.05, 0.1) is 12.1 Å². The van der Waals surface area contributed by atoms with Crippen LogP contribution in [0.3, 0.4) is 0 Å². The number of allylic oxidation sites excluding steroid dienone is 3. The van der Waals surface area contributed by atoms with Crippen molar-refractivity contribution >= 4 is 11.6 Å². The van der Waals surface area contributed by atoms with Crippen LogP contribution in [0.25, 0.3) is 0 Å². The monoisotopic (exact) mass is 277 g/mol. The van der Waals surface area contributed by atoms with Crippen molar-refractivity contribution in [2.75, 3.05) is 19.7 Å². The van der Waals surface area contributed by atoms with Crippen molar-refractivity contribution < 1.29 is 14.3 Å². The first-order chi connectivity index (χ1) is 9.43. The van der Waals surface area contributed by atoms with E-state index in [-0.39, 0.29) is 17.0 Å². The van der Waals surface area contributed by atoms with Crippen LogP contribution in [-0.4, -0.2) is 36.2 Å². The predicted molar refractivity (Wildman–Crippen MR) is 77.0 cm³/mol. The van der Waals surface area contributed by atoms with E-state index < -0.39 is 0 Å². The summed E-state index contributed by atoms with van der Waals surface area (Å²) in [5, 5.41) is 0. The minimum absolute atomic E-state index is 0.0526. The molecule has 2 rings (SSSR count). The summed E-state index contributed by atoms with van der Waals surface area (Å²) in [5.41, 5.74) is 0.111. The Morgan fingerprint density at radius 1 is 1.20 bits per heavy atom. The van der Waals surface area contributed by atoms with Gasteiger partial charge in [-0.25, -0.2) is 0 Å². The highest BCUT2D eigenvalue weighted by Gasteiger charge is 2.35. The van der Waals surface area contributed by atoms with E-state index in [0.29, 0.717) is 25.0 Å². The molecule has 1 saturated heterocycles. The number of nitrogens with zero attached hydrogens (tertiary/aromatic N) is 1.